The lowest BCUT2D eigenvalue weighted by atomic mass is 9.67. The topological polar surface area (TPSA) is 57.6 Å². The van der Waals surface area contributed by atoms with Crippen LogP contribution in [0.2, 0.25) is 0 Å². The van der Waals surface area contributed by atoms with Gasteiger partial charge in [0.25, 0.3) is 0 Å². The molecule has 0 bridgehead atoms. The predicted octanol–water partition coefficient (Wildman–Crippen LogP) is 2.47. The van der Waals surface area contributed by atoms with Gasteiger partial charge >= 0.3 is 5.97 Å². The summed E-state index contributed by atoms with van der Waals surface area (Å²) in [4.78, 5) is 26.0. The first-order valence-corrected chi connectivity index (χ1v) is 7.18. The summed E-state index contributed by atoms with van der Waals surface area (Å²) < 4.78 is 0. The van der Waals surface area contributed by atoms with Gasteiger partial charge in [0.1, 0.15) is 5.41 Å². The van der Waals surface area contributed by atoms with Crippen LogP contribution in [0.5, 0.6) is 0 Å². The summed E-state index contributed by atoms with van der Waals surface area (Å²) in [5.74, 6) is -0.834. The summed E-state index contributed by atoms with van der Waals surface area (Å²) in [5.41, 5.74) is 0.854. The van der Waals surface area contributed by atoms with Gasteiger partial charge < -0.3 is 10.0 Å². The van der Waals surface area contributed by atoms with Gasteiger partial charge in [-0.25, -0.2) is 0 Å². The van der Waals surface area contributed by atoms with Crippen LogP contribution in [0.4, 0.5) is 5.69 Å². The third-order valence-corrected chi connectivity index (χ3v) is 4.62. The van der Waals surface area contributed by atoms with E-state index in [1.807, 2.05) is 24.3 Å². The fourth-order valence-electron chi connectivity index (χ4n) is 3.30. The Bertz CT molecular complexity index is 563. The van der Waals surface area contributed by atoms with Crippen molar-refractivity contribution < 1.29 is 14.7 Å². The normalized spacial score (nSPS) is 23.6. The van der Waals surface area contributed by atoms with Gasteiger partial charge in [-0.1, -0.05) is 31.5 Å². The molecule has 0 saturated heterocycles. The maximum atomic E-state index is 12.8. The Morgan fingerprint density at radius 3 is 2.60 bits per heavy atom. The Hall–Kier alpha value is -1.84. The van der Waals surface area contributed by atoms with Crippen molar-refractivity contribution in [2.75, 3.05) is 11.4 Å². The lowest BCUT2D eigenvalue weighted by Crippen LogP contribution is -2.54. The fourth-order valence-corrected chi connectivity index (χ4v) is 3.30. The SMILES string of the molecule is CC1Cc2ccccc2N(C(=O)C2(C(=O)O)CCC2)C1. The van der Waals surface area contributed by atoms with E-state index in [0.29, 0.717) is 25.3 Å². The minimum absolute atomic E-state index is 0.227. The molecule has 1 aromatic carbocycles. The number of para-hydroxylation sites is 1. The van der Waals surface area contributed by atoms with Crippen LogP contribution in [-0.4, -0.2) is 23.5 Å². The van der Waals surface area contributed by atoms with Gasteiger partial charge in [-0.2, -0.15) is 0 Å². The van der Waals surface area contributed by atoms with Crippen LogP contribution in [0, 0.1) is 11.3 Å². The second-order valence-corrected chi connectivity index (χ2v) is 6.09. The Kier molecular flexibility index (Phi) is 3.04. The standard InChI is InChI=1S/C16H19NO3/c1-11-9-12-5-2-3-6-13(12)17(10-11)14(18)16(15(19)20)7-4-8-16/h2-3,5-6,11H,4,7-10H2,1H3,(H,19,20). The number of benzene rings is 1. The molecular formula is C16H19NO3. The number of hydrogen-bond donors (Lipinski definition) is 1. The number of amides is 1. The predicted molar refractivity (Wildman–Crippen MR) is 75.6 cm³/mol. The van der Waals surface area contributed by atoms with Crippen molar-refractivity contribution in [3.05, 3.63) is 29.8 Å². The number of carboxylic acids is 1. The fraction of sp³-hybridized carbons (Fsp3) is 0.500. The van der Waals surface area contributed by atoms with E-state index in [1.54, 1.807) is 4.90 Å². The van der Waals surface area contributed by atoms with Crippen LogP contribution in [0.1, 0.15) is 31.7 Å². The third-order valence-electron chi connectivity index (χ3n) is 4.62. The third kappa shape index (κ3) is 1.82. The number of fused-ring (bicyclic) bond motifs is 1. The molecule has 1 heterocycles. The molecule has 2 aliphatic rings. The summed E-state index contributed by atoms with van der Waals surface area (Å²) in [5, 5.41) is 9.45. The highest BCUT2D eigenvalue weighted by Crippen LogP contribution is 2.44. The lowest BCUT2D eigenvalue weighted by molar-refractivity contribution is -0.161. The van der Waals surface area contributed by atoms with E-state index in [4.69, 9.17) is 0 Å². The zero-order valence-corrected chi connectivity index (χ0v) is 11.6. The van der Waals surface area contributed by atoms with Crippen molar-refractivity contribution in [1.82, 2.24) is 0 Å². The zero-order chi connectivity index (χ0) is 14.3. The summed E-state index contributed by atoms with van der Waals surface area (Å²) >= 11 is 0. The van der Waals surface area contributed by atoms with E-state index in [-0.39, 0.29) is 5.91 Å². The van der Waals surface area contributed by atoms with E-state index >= 15 is 0 Å². The Morgan fingerprint density at radius 2 is 2.00 bits per heavy atom. The number of hydrogen-bond acceptors (Lipinski definition) is 2. The molecule has 1 amide bonds. The first kappa shape index (κ1) is 13.2. The largest absolute Gasteiger partial charge is 0.480 e. The molecule has 0 aromatic heterocycles. The number of aliphatic carboxylic acids is 1. The molecule has 1 aliphatic heterocycles. The molecule has 0 radical (unpaired) electrons. The molecule has 1 fully saturated rings. The number of carbonyl (C=O) groups excluding carboxylic acids is 1. The highest BCUT2D eigenvalue weighted by Gasteiger charge is 2.53. The molecule has 0 spiro atoms. The molecule has 1 aromatic rings. The Balaban J connectivity index is 1.98. The molecular weight excluding hydrogens is 254 g/mol. The van der Waals surface area contributed by atoms with E-state index in [1.165, 1.54) is 0 Å². The number of carboxylic acid groups (broad SMARTS) is 1. The van der Waals surface area contributed by atoms with Crippen LogP contribution in [0.3, 0.4) is 0 Å². The Morgan fingerprint density at radius 1 is 1.30 bits per heavy atom. The summed E-state index contributed by atoms with van der Waals surface area (Å²) in [7, 11) is 0. The van der Waals surface area contributed by atoms with Gasteiger partial charge in [-0.15, -0.1) is 0 Å². The maximum absolute atomic E-state index is 12.8. The van der Waals surface area contributed by atoms with Crippen LogP contribution in [-0.2, 0) is 16.0 Å². The van der Waals surface area contributed by atoms with Crippen molar-refractivity contribution in [2.24, 2.45) is 11.3 Å². The first-order chi connectivity index (χ1) is 9.54. The van der Waals surface area contributed by atoms with Gasteiger partial charge in [0, 0.05) is 12.2 Å². The second-order valence-electron chi connectivity index (χ2n) is 6.09. The average Bonchev–Trinajstić information content (AvgIpc) is 2.35. The van der Waals surface area contributed by atoms with Gasteiger partial charge in [-0.05, 0) is 36.8 Å². The number of anilines is 1. The quantitative estimate of drug-likeness (QED) is 0.842. The molecule has 4 nitrogen and oxygen atoms in total. The van der Waals surface area contributed by atoms with Crippen molar-refractivity contribution in [3.63, 3.8) is 0 Å². The second kappa shape index (κ2) is 4.62. The summed E-state index contributed by atoms with van der Waals surface area (Å²) in [6, 6.07) is 7.83. The molecule has 20 heavy (non-hydrogen) atoms. The van der Waals surface area contributed by atoms with Gasteiger partial charge in [0.2, 0.25) is 5.91 Å². The molecule has 1 atom stereocenters. The molecule has 106 valence electrons. The number of carbonyl (C=O) groups is 2. The van der Waals surface area contributed by atoms with Crippen molar-refractivity contribution in [1.29, 1.82) is 0 Å². The van der Waals surface area contributed by atoms with E-state index < -0.39 is 11.4 Å². The van der Waals surface area contributed by atoms with E-state index in [0.717, 1.165) is 24.1 Å². The highest BCUT2D eigenvalue weighted by molar-refractivity contribution is 6.10. The Labute approximate surface area is 118 Å². The van der Waals surface area contributed by atoms with Crippen LogP contribution < -0.4 is 4.90 Å². The first-order valence-electron chi connectivity index (χ1n) is 7.18. The van der Waals surface area contributed by atoms with Crippen LogP contribution >= 0.6 is 0 Å². The molecule has 4 heteroatoms. The molecule has 1 unspecified atom stereocenters. The minimum atomic E-state index is -1.18. The smallest absolute Gasteiger partial charge is 0.319 e. The van der Waals surface area contributed by atoms with Gasteiger partial charge in [0.05, 0.1) is 0 Å². The van der Waals surface area contributed by atoms with Crippen molar-refractivity contribution in [2.45, 2.75) is 32.6 Å². The average molecular weight is 273 g/mol. The van der Waals surface area contributed by atoms with Gasteiger partial charge in [-0.3, -0.25) is 9.59 Å². The van der Waals surface area contributed by atoms with E-state index in [2.05, 4.69) is 6.92 Å². The van der Waals surface area contributed by atoms with E-state index in [9.17, 15) is 14.7 Å². The molecule has 1 saturated carbocycles. The number of rotatable bonds is 2. The highest BCUT2D eigenvalue weighted by atomic mass is 16.4. The minimum Gasteiger partial charge on any atom is -0.480 e. The molecule has 3 rings (SSSR count). The summed E-state index contributed by atoms with van der Waals surface area (Å²) in [6.45, 7) is 2.72. The summed E-state index contributed by atoms with van der Waals surface area (Å²) in [6.07, 6.45) is 2.70. The van der Waals surface area contributed by atoms with Crippen LogP contribution in [0.25, 0.3) is 0 Å². The molecule has 1 aliphatic carbocycles. The lowest BCUT2D eigenvalue weighted by Gasteiger charge is -2.42. The monoisotopic (exact) mass is 273 g/mol. The zero-order valence-electron chi connectivity index (χ0n) is 11.6. The maximum Gasteiger partial charge on any atom is 0.319 e. The van der Waals surface area contributed by atoms with Crippen molar-refractivity contribution in [3.8, 4) is 0 Å². The van der Waals surface area contributed by atoms with Crippen molar-refractivity contribution >= 4 is 17.6 Å². The van der Waals surface area contributed by atoms with Crippen LogP contribution in [0.15, 0.2) is 24.3 Å². The number of nitrogens with zero attached hydrogens (tertiary/aromatic N) is 1. The van der Waals surface area contributed by atoms with Gasteiger partial charge in [0.15, 0.2) is 0 Å². The molecule has 1 N–H and O–H groups in total.